The molecule has 1 heterocycles. The molecule has 3 aromatic carbocycles. The van der Waals surface area contributed by atoms with Gasteiger partial charge in [-0.05, 0) is 29.5 Å². The van der Waals surface area contributed by atoms with Gasteiger partial charge in [-0.15, -0.1) is 0 Å². The maximum atomic E-state index is 4.84. The standard InChI is InChI=1S/C25H24N2/c1-2-11-23-24(22-17-10-9-14-20(22)18-26-23)25(19-12-5-3-6-13-19)27-21-15-7-4-8-16-21/h3-10,12-18,25,27H,2,11H2,1H3. The van der Waals surface area contributed by atoms with Gasteiger partial charge in [-0.2, -0.15) is 0 Å². The van der Waals surface area contributed by atoms with E-state index >= 15 is 0 Å². The first-order valence-electron chi connectivity index (χ1n) is 9.60. The van der Waals surface area contributed by atoms with Gasteiger partial charge in [-0.3, -0.25) is 4.98 Å². The van der Waals surface area contributed by atoms with Crippen LogP contribution in [-0.4, -0.2) is 4.98 Å². The number of pyridine rings is 1. The van der Waals surface area contributed by atoms with E-state index in [2.05, 4.69) is 91.1 Å². The van der Waals surface area contributed by atoms with Gasteiger partial charge in [0.05, 0.1) is 6.04 Å². The number of fused-ring (bicyclic) bond motifs is 1. The van der Waals surface area contributed by atoms with Crippen LogP contribution in [-0.2, 0) is 6.42 Å². The van der Waals surface area contributed by atoms with E-state index in [9.17, 15) is 0 Å². The summed E-state index contributed by atoms with van der Waals surface area (Å²) in [6.45, 7) is 2.21. The Kier molecular flexibility index (Phi) is 5.15. The van der Waals surface area contributed by atoms with E-state index in [1.54, 1.807) is 0 Å². The smallest absolute Gasteiger partial charge is 0.0791 e. The van der Waals surface area contributed by atoms with Gasteiger partial charge in [0.1, 0.15) is 0 Å². The molecular formula is C25H24N2. The van der Waals surface area contributed by atoms with E-state index in [0.29, 0.717) is 0 Å². The molecule has 0 aliphatic rings. The van der Waals surface area contributed by atoms with Crippen LogP contribution in [0.15, 0.2) is 91.1 Å². The van der Waals surface area contributed by atoms with E-state index < -0.39 is 0 Å². The Morgan fingerprint density at radius 1 is 0.815 bits per heavy atom. The Labute approximate surface area is 160 Å². The summed E-state index contributed by atoms with van der Waals surface area (Å²) in [6, 6.07) is 29.7. The average molecular weight is 352 g/mol. The van der Waals surface area contributed by atoms with Crippen molar-refractivity contribution in [3.05, 3.63) is 108 Å². The van der Waals surface area contributed by atoms with Gasteiger partial charge in [-0.1, -0.05) is 86.1 Å². The molecular weight excluding hydrogens is 328 g/mol. The first-order chi connectivity index (χ1) is 13.4. The third-order valence-electron chi connectivity index (χ3n) is 4.91. The molecule has 1 unspecified atom stereocenters. The summed E-state index contributed by atoms with van der Waals surface area (Å²) < 4.78 is 0. The Morgan fingerprint density at radius 2 is 1.48 bits per heavy atom. The summed E-state index contributed by atoms with van der Waals surface area (Å²) in [5, 5.41) is 6.22. The van der Waals surface area contributed by atoms with Gasteiger partial charge < -0.3 is 5.32 Å². The first-order valence-corrected chi connectivity index (χ1v) is 9.60. The maximum Gasteiger partial charge on any atom is 0.0791 e. The quantitative estimate of drug-likeness (QED) is 0.435. The monoisotopic (exact) mass is 352 g/mol. The van der Waals surface area contributed by atoms with E-state index in [1.165, 1.54) is 27.6 Å². The lowest BCUT2D eigenvalue weighted by atomic mass is 9.91. The minimum Gasteiger partial charge on any atom is -0.374 e. The molecule has 0 aliphatic heterocycles. The topological polar surface area (TPSA) is 24.9 Å². The second-order valence-corrected chi connectivity index (χ2v) is 6.81. The second-order valence-electron chi connectivity index (χ2n) is 6.81. The molecule has 134 valence electrons. The van der Waals surface area contributed by atoms with Gasteiger partial charge in [0.2, 0.25) is 0 Å². The van der Waals surface area contributed by atoms with Crippen molar-refractivity contribution in [3.8, 4) is 0 Å². The van der Waals surface area contributed by atoms with Crippen LogP contribution in [0.25, 0.3) is 10.8 Å². The highest BCUT2D eigenvalue weighted by molar-refractivity contribution is 5.87. The molecule has 4 aromatic rings. The van der Waals surface area contributed by atoms with Crippen LogP contribution in [0.4, 0.5) is 5.69 Å². The summed E-state index contributed by atoms with van der Waals surface area (Å²) in [7, 11) is 0. The van der Waals surface area contributed by atoms with Gasteiger partial charge in [0, 0.05) is 28.5 Å². The molecule has 0 radical (unpaired) electrons. The minimum atomic E-state index is 0.0498. The van der Waals surface area contributed by atoms with Crippen molar-refractivity contribution in [2.75, 3.05) is 5.32 Å². The lowest BCUT2D eigenvalue weighted by Crippen LogP contribution is -2.16. The summed E-state index contributed by atoms with van der Waals surface area (Å²) in [6.07, 6.45) is 4.06. The van der Waals surface area contributed by atoms with Crippen LogP contribution < -0.4 is 5.32 Å². The Bertz CT molecular complexity index is 1010. The fraction of sp³-hybridized carbons (Fsp3) is 0.160. The summed E-state index contributed by atoms with van der Waals surface area (Å²) >= 11 is 0. The second kappa shape index (κ2) is 8.05. The predicted octanol–water partition coefficient (Wildman–Crippen LogP) is 6.39. The number of aryl methyl sites for hydroxylation is 1. The van der Waals surface area contributed by atoms with Crippen molar-refractivity contribution in [2.24, 2.45) is 0 Å². The van der Waals surface area contributed by atoms with E-state index in [0.717, 1.165) is 18.5 Å². The number of anilines is 1. The third-order valence-corrected chi connectivity index (χ3v) is 4.91. The van der Waals surface area contributed by atoms with Crippen LogP contribution in [0.3, 0.4) is 0 Å². The van der Waals surface area contributed by atoms with Crippen molar-refractivity contribution >= 4 is 16.5 Å². The zero-order valence-corrected chi connectivity index (χ0v) is 15.6. The van der Waals surface area contributed by atoms with Crippen molar-refractivity contribution in [3.63, 3.8) is 0 Å². The fourth-order valence-electron chi connectivity index (χ4n) is 3.65. The van der Waals surface area contributed by atoms with Crippen LogP contribution in [0.2, 0.25) is 0 Å². The van der Waals surface area contributed by atoms with Crippen LogP contribution in [0, 0.1) is 0 Å². The number of hydrogen-bond donors (Lipinski definition) is 1. The molecule has 4 rings (SSSR count). The Hall–Kier alpha value is -3.13. The largest absolute Gasteiger partial charge is 0.374 e. The molecule has 0 amide bonds. The van der Waals surface area contributed by atoms with E-state index in [1.807, 2.05) is 12.3 Å². The molecule has 2 heteroatoms. The minimum absolute atomic E-state index is 0.0498. The number of hydrogen-bond acceptors (Lipinski definition) is 2. The normalized spacial score (nSPS) is 12.0. The number of nitrogens with one attached hydrogen (secondary N) is 1. The highest BCUT2D eigenvalue weighted by Crippen LogP contribution is 2.34. The molecule has 27 heavy (non-hydrogen) atoms. The van der Waals surface area contributed by atoms with Crippen LogP contribution in [0.5, 0.6) is 0 Å². The van der Waals surface area contributed by atoms with Crippen molar-refractivity contribution in [1.29, 1.82) is 0 Å². The zero-order chi connectivity index (χ0) is 18.5. The van der Waals surface area contributed by atoms with Crippen molar-refractivity contribution in [1.82, 2.24) is 4.98 Å². The van der Waals surface area contributed by atoms with Gasteiger partial charge in [0.25, 0.3) is 0 Å². The summed E-state index contributed by atoms with van der Waals surface area (Å²) in [5.41, 5.74) is 4.82. The van der Waals surface area contributed by atoms with Crippen LogP contribution in [0.1, 0.15) is 36.2 Å². The average Bonchev–Trinajstić information content (AvgIpc) is 2.74. The first kappa shape index (κ1) is 17.3. The molecule has 1 aromatic heterocycles. The van der Waals surface area contributed by atoms with E-state index in [-0.39, 0.29) is 6.04 Å². The molecule has 1 atom stereocenters. The molecule has 2 nitrogen and oxygen atoms in total. The van der Waals surface area contributed by atoms with Gasteiger partial charge in [0.15, 0.2) is 0 Å². The molecule has 0 bridgehead atoms. The number of benzene rings is 3. The highest BCUT2D eigenvalue weighted by atomic mass is 14.9. The maximum absolute atomic E-state index is 4.84. The molecule has 1 N–H and O–H groups in total. The van der Waals surface area contributed by atoms with Crippen molar-refractivity contribution in [2.45, 2.75) is 25.8 Å². The van der Waals surface area contributed by atoms with Gasteiger partial charge in [-0.25, -0.2) is 0 Å². The zero-order valence-electron chi connectivity index (χ0n) is 15.6. The van der Waals surface area contributed by atoms with Crippen LogP contribution >= 0.6 is 0 Å². The molecule has 0 spiro atoms. The molecule has 0 aliphatic carbocycles. The third kappa shape index (κ3) is 3.70. The lowest BCUT2D eigenvalue weighted by Gasteiger charge is -2.25. The number of para-hydroxylation sites is 1. The number of aromatic nitrogens is 1. The van der Waals surface area contributed by atoms with Crippen molar-refractivity contribution < 1.29 is 0 Å². The molecule has 0 fully saturated rings. The lowest BCUT2D eigenvalue weighted by molar-refractivity contribution is 0.834. The van der Waals surface area contributed by atoms with Gasteiger partial charge >= 0.3 is 0 Å². The molecule has 0 saturated heterocycles. The summed E-state index contributed by atoms with van der Waals surface area (Å²) in [4.78, 5) is 4.84. The fourth-order valence-corrected chi connectivity index (χ4v) is 3.65. The Morgan fingerprint density at radius 3 is 2.22 bits per heavy atom. The number of rotatable bonds is 6. The number of nitrogens with zero attached hydrogens (tertiary/aromatic N) is 1. The Balaban J connectivity index is 1.92. The molecule has 0 saturated carbocycles. The van der Waals surface area contributed by atoms with E-state index in [4.69, 9.17) is 4.98 Å². The SMILES string of the molecule is CCCc1ncc2ccccc2c1C(Nc1ccccc1)c1ccccc1. The predicted molar refractivity (Wildman–Crippen MR) is 114 cm³/mol. The summed E-state index contributed by atoms with van der Waals surface area (Å²) in [5.74, 6) is 0. The highest BCUT2D eigenvalue weighted by Gasteiger charge is 2.21.